The maximum absolute atomic E-state index is 12.3. The Hall–Kier alpha value is -3.23. The van der Waals surface area contributed by atoms with Gasteiger partial charge in [0.25, 0.3) is 5.91 Å². The van der Waals surface area contributed by atoms with Crippen LogP contribution in [0.15, 0.2) is 71.6 Å². The minimum absolute atomic E-state index is 0.0304. The van der Waals surface area contributed by atoms with Crippen LogP contribution in [0, 0.1) is 0 Å². The zero-order chi connectivity index (χ0) is 21.0. The highest BCUT2D eigenvalue weighted by atomic mass is 32.2. The molecule has 0 spiro atoms. The number of nitrogens with one attached hydrogen (secondary N) is 1. The molecule has 0 atom stereocenters. The van der Waals surface area contributed by atoms with E-state index >= 15 is 0 Å². The van der Waals surface area contributed by atoms with Gasteiger partial charge in [0.1, 0.15) is 0 Å². The largest absolute Gasteiger partial charge is 0.452 e. The minimum Gasteiger partial charge on any atom is -0.452 e. The molecule has 1 N–H and O–H groups in total. The van der Waals surface area contributed by atoms with Gasteiger partial charge in [-0.05, 0) is 29.7 Å². The number of sulfonamides is 1. The molecule has 0 saturated carbocycles. The molecule has 0 unspecified atom stereocenters. The molecule has 0 saturated heterocycles. The van der Waals surface area contributed by atoms with Crippen LogP contribution in [-0.4, -0.2) is 45.3 Å². The van der Waals surface area contributed by atoms with Crippen molar-refractivity contribution in [1.29, 1.82) is 0 Å². The number of carbonyl (C=O) groups is 2. The van der Waals surface area contributed by atoms with Gasteiger partial charge in [0, 0.05) is 25.2 Å². The average molecular weight is 412 g/mol. The molecule has 3 aromatic rings. The fraction of sp³-hybridized carbons (Fsp3) is 0.143. The summed E-state index contributed by atoms with van der Waals surface area (Å²) >= 11 is 0. The summed E-state index contributed by atoms with van der Waals surface area (Å²) in [6, 6.07) is 18.6. The van der Waals surface area contributed by atoms with Gasteiger partial charge in [-0.3, -0.25) is 4.79 Å². The van der Waals surface area contributed by atoms with Crippen molar-refractivity contribution in [3.63, 3.8) is 0 Å². The molecule has 0 radical (unpaired) electrons. The van der Waals surface area contributed by atoms with Gasteiger partial charge < -0.3 is 10.1 Å². The molecule has 7 nitrogen and oxygen atoms in total. The lowest BCUT2D eigenvalue weighted by Crippen LogP contribution is -2.23. The SMILES string of the molecule is CN(C)S(=O)(=O)c1cccc(C(=O)OCC(=O)Nc2cccc3ccccc23)c1. The Balaban J connectivity index is 1.67. The van der Waals surface area contributed by atoms with Crippen LogP contribution in [0.2, 0.25) is 0 Å². The Morgan fingerprint density at radius 2 is 1.66 bits per heavy atom. The van der Waals surface area contributed by atoms with Crippen LogP contribution in [0.4, 0.5) is 5.69 Å². The highest BCUT2D eigenvalue weighted by molar-refractivity contribution is 7.89. The van der Waals surface area contributed by atoms with E-state index in [1.54, 1.807) is 6.07 Å². The molecule has 0 aromatic heterocycles. The molecule has 0 aliphatic carbocycles. The summed E-state index contributed by atoms with van der Waals surface area (Å²) in [5.74, 6) is -1.28. The molecule has 29 heavy (non-hydrogen) atoms. The van der Waals surface area contributed by atoms with Crippen molar-refractivity contribution < 1.29 is 22.7 Å². The molecule has 150 valence electrons. The molecule has 1 amide bonds. The molecular formula is C21H20N2O5S. The lowest BCUT2D eigenvalue weighted by atomic mass is 10.1. The lowest BCUT2D eigenvalue weighted by molar-refractivity contribution is -0.119. The predicted octanol–water partition coefficient (Wildman–Crippen LogP) is 2.89. The summed E-state index contributed by atoms with van der Waals surface area (Å²) in [6.45, 7) is -0.493. The first-order valence-corrected chi connectivity index (χ1v) is 10.2. The second-order valence-electron chi connectivity index (χ2n) is 6.47. The first-order chi connectivity index (χ1) is 13.8. The highest BCUT2D eigenvalue weighted by Gasteiger charge is 2.19. The summed E-state index contributed by atoms with van der Waals surface area (Å²) in [6.07, 6.45) is 0. The number of carbonyl (C=O) groups excluding carboxylic acids is 2. The van der Waals surface area contributed by atoms with E-state index < -0.39 is 28.5 Å². The second-order valence-corrected chi connectivity index (χ2v) is 8.62. The number of benzene rings is 3. The minimum atomic E-state index is -3.68. The van der Waals surface area contributed by atoms with Crippen molar-refractivity contribution in [2.45, 2.75) is 4.90 Å². The number of fused-ring (bicyclic) bond motifs is 1. The number of amides is 1. The van der Waals surface area contributed by atoms with Gasteiger partial charge in [-0.25, -0.2) is 17.5 Å². The molecule has 3 aromatic carbocycles. The van der Waals surface area contributed by atoms with E-state index in [4.69, 9.17) is 4.74 Å². The summed E-state index contributed by atoms with van der Waals surface area (Å²) in [7, 11) is -0.878. The van der Waals surface area contributed by atoms with Gasteiger partial charge in [0.15, 0.2) is 6.61 Å². The van der Waals surface area contributed by atoms with Crippen molar-refractivity contribution in [2.24, 2.45) is 0 Å². The maximum Gasteiger partial charge on any atom is 0.338 e. The lowest BCUT2D eigenvalue weighted by Gasteiger charge is -2.12. The Kier molecular flexibility index (Phi) is 5.95. The zero-order valence-corrected chi connectivity index (χ0v) is 16.8. The van der Waals surface area contributed by atoms with Gasteiger partial charge >= 0.3 is 5.97 Å². The fourth-order valence-corrected chi connectivity index (χ4v) is 3.68. The smallest absolute Gasteiger partial charge is 0.338 e. The monoisotopic (exact) mass is 412 g/mol. The summed E-state index contributed by atoms with van der Waals surface area (Å²) in [5.41, 5.74) is 0.661. The van der Waals surface area contributed by atoms with E-state index in [1.807, 2.05) is 36.4 Å². The third kappa shape index (κ3) is 4.61. The van der Waals surface area contributed by atoms with E-state index in [-0.39, 0.29) is 10.5 Å². The standard InChI is InChI=1S/C21H20N2O5S/c1-23(2)29(26,27)17-10-5-9-16(13-17)21(25)28-14-20(24)22-19-12-6-8-15-7-3-4-11-18(15)19/h3-13H,14H2,1-2H3,(H,22,24). The normalized spacial score (nSPS) is 11.4. The number of rotatable bonds is 6. The van der Waals surface area contributed by atoms with E-state index in [0.29, 0.717) is 5.69 Å². The van der Waals surface area contributed by atoms with Gasteiger partial charge in [-0.2, -0.15) is 0 Å². The van der Waals surface area contributed by atoms with E-state index in [2.05, 4.69) is 5.32 Å². The van der Waals surface area contributed by atoms with Crippen molar-refractivity contribution >= 4 is 38.4 Å². The van der Waals surface area contributed by atoms with Crippen LogP contribution in [0.3, 0.4) is 0 Å². The highest BCUT2D eigenvalue weighted by Crippen LogP contribution is 2.23. The average Bonchev–Trinajstić information content (AvgIpc) is 2.72. The van der Waals surface area contributed by atoms with Crippen molar-refractivity contribution in [2.75, 3.05) is 26.0 Å². The van der Waals surface area contributed by atoms with Gasteiger partial charge in [0.05, 0.1) is 10.5 Å². The summed E-state index contributed by atoms with van der Waals surface area (Å²) < 4.78 is 30.5. The summed E-state index contributed by atoms with van der Waals surface area (Å²) in [4.78, 5) is 24.4. The number of esters is 1. The Labute approximate surface area is 169 Å². The van der Waals surface area contributed by atoms with Gasteiger partial charge in [-0.1, -0.05) is 42.5 Å². The number of hydrogen-bond donors (Lipinski definition) is 1. The van der Waals surface area contributed by atoms with E-state index in [0.717, 1.165) is 15.1 Å². The van der Waals surface area contributed by atoms with Crippen LogP contribution in [0.5, 0.6) is 0 Å². The number of ether oxygens (including phenoxy) is 1. The first-order valence-electron chi connectivity index (χ1n) is 8.76. The van der Waals surface area contributed by atoms with Crippen LogP contribution < -0.4 is 5.32 Å². The van der Waals surface area contributed by atoms with Crippen molar-refractivity contribution in [3.05, 3.63) is 72.3 Å². The third-order valence-electron chi connectivity index (χ3n) is 4.25. The predicted molar refractivity (Wildman–Crippen MR) is 110 cm³/mol. The molecule has 0 fully saturated rings. The van der Waals surface area contributed by atoms with Crippen LogP contribution in [0.1, 0.15) is 10.4 Å². The van der Waals surface area contributed by atoms with Gasteiger partial charge in [0.2, 0.25) is 10.0 Å². The fourth-order valence-electron chi connectivity index (χ4n) is 2.73. The molecule has 0 heterocycles. The Morgan fingerprint density at radius 1 is 0.966 bits per heavy atom. The molecule has 8 heteroatoms. The van der Waals surface area contributed by atoms with E-state index in [1.165, 1.54) is 38.4 Å². The molecule has 0 aliphatic heterocycles. The Morgan fingerprint density at radius 3 is 2.41 bits per heavy atom. The molecule has 0 bridgehead atoms. The zero-order valence-electron chi connectivity index (χ0n) is 16.0. The maximum atomic E-state index is 12.3. The van der Waals surface area contributed by atoms with Crippen LogP contribution in [0.25, 0.3) is 10.8 Å². The molecular weight excluding hydrogens is 392 g/mol. The molecule has 3 rings (SSSR count). The number of anilines is 1. The number of nitrogens with zero attached hydrogens (tertiary/aromatic N) is 1. The van der Waals surface area contributed by atoms with Crippen molar-refractivity contribution in [1.82, 2.24) is 4.31 Å². The Bertz CT molecular complexity index is 1170. The molecule has 0 aliphatic rings. The third-order valence-corrected chi connectivity index (χ3v) is 6.06. The van der Waals surface area contributed by atoms with Crippen LogP contribution in [-0.2, 0) is 19.6 Å². The van der Waals surface area contributed by atoms with Crippen LogP contribution >= 0.6 is 0 Å². The topological polar surface area (TPSA) is 92.8 Å². The van der Waals surface area contributed by atoms with Gasteiger partial charge in [-0.15, -0.1) is 0 Å². The first kappa shape index (κ1) is 20.5. The second kappa shape index (κ2) is 8.42. The van der Waals surface area contributed by atoms with Crippen molar-refractivity contribution in [3.8, 4) is 0 Å². The number of hydrogen-bond acceptors (Lipinski definition) is 5. The van der Waals surface area contributed by atoms with E-state index in [9.17, 15) is 18.0 Å². The quantitative estimate of drug-likeness (QED) is 0.629. The summed E-state index contributed by atoms with van der Waals surface area (Å²) in [5, 5.41) is 4.57.